The summed E-state index contributed by atoms with van der Waals surface area (Å²) in [5.74, 6) is 0. The van der Waals surface area contributed by atoms with Crippen molar-refractivity contribution in [2.24, 2.45) is 0 Å². The maximum absolute atomic E-state index is 4.45. The van der Waals surface area contributed by atoms with Crippen LogP contribution in [0.2, 0.25) is 0 Å². The molecule has 4 aliphatic heterocycles. The van der Waals surface area contributed by atoms with Crippen molar-refractivity contribution >= 4 is 113 Å². The third kappa shape index (κ3) is 4.51. The first-order valence-corrected chi connectivity index (χ1v) is 24.2. The number of fused-ring (bicyclic) bond motifs is 16. The average molecular weight is 871 g/mol. The monoisotopic (exact) mass is 870 g/mol. The lowest BCUT2D eigenvalue weighted by Crippen LogP contribution is -2.63. The van der Waals surface area contributed by atoms with E-state index in [-0.39, 0.29) is 13.4 Å². The molecule has 12 aromatic rings. The van der Waals surface area contributed by atoms with Crippen LogP contribution in [0.3, 0.4) is 0 Å². The molecule has 0 atom stereocenters. The molecule has 16 rings (SSSR count). The smallest absolute Gasteiger partial charge is 0.249 e. The number of pyridine rings is 2. The average Bonchev–Trinajstić information content (AvgIpc) is 3.92. The van der Waals surface area contributed by atoms with Gasteiger partial charge >= 0.3 is 0 Å². The summed E-state index contributed by atoms with van der Waals surface area (Å²) in [6.07, 6.45) is 7.71. The van der Waals surface area contributed by atoms with Gasteiger partial charge in [0, 0.05) is 82.9 Å². The van der Waals surface area contributed by atoms with Crippen molar-refractivity contribution in [3.63, 3.8) is 0 Å². The number of para-hydroxylation sites is 4. The van der Waals surface area contributed by atoms with Gasteiger partial charge in [-0.3, -0.25) is 9.97 Å². The normalized spacial score (nSPS) is 13.6. The van der Waals surface area contributed by atoms with E-state index in [1.165, 1.54) is 141 Å². The zero-order valence-corrected chi connectivity index (χ0v) is 36.9. The van der Waals surface area contributed by atoms with E-state index in [9.17, 15) is 0 Å². The van der Waals surface area contributed by atoms with Gasteiger partial charge in [0.05, 0.1) is 22.1 Å². The lowest BCUT2D eigenvalue weighted by molar-refractivity contribution is 1.18. The predicted octanol–water partition coefficient (Wildman–Crippen LogP) is 10.3. The van der Waals surface area contributed by atoms with E-state index in [1.54, 1.807) is 0 Å². The van der Waals surface area contributed by atoms with Crippen LogP contribution >= 0.6 is 23.5 Å². The molecule has 0 N–H and O–H groups in total. The van der Waals surface area contributed by atoms with Crippen LogP contribution in [-0.2, 0) is 0 Å². The van der Waals surface area contributed by atoms with Gasteiger partial charge in [-0.05, 0) is 110 Å². The fourth-order valence-electron chi connectivity index (χ4n) is 12.3. The second-order valence-electron chi connectivity index (χ2n) is 17.9. The molecule has 0 bridgehead atoms. The van der Waals surface area contributed by atoms with E-state index >= 15 is 0 Å². The molecule has 0 amide bonds. The van der Waals surface area contributed by atoms with Crippen molar-refractivity contribution in [3.8, 4) is 44.8 Å². The Morgan fingerprint density at radius 3 is 1.33 bits per heavy atom. The first-order chi connectivity index (χ1) is 32.8. The van der Waals surface area contributed by atoms with Gasteiger partial charge in [0.1, 0.15) is 0 Å². The molecule has 0 aliphatic carbocycles. The second-order valence-corrected chi connectivity index (χ2v) is 20.0. The molecule has 8 aromatic carbocycles. The first-order valence-electron chi connectivity index (χ1n) is 22.6. The van der Waals surface area contributed by atoms with Crippen molar-refractivity contribution in [2.45, 2.75) is 19.6 Å². The zero-order chi connectivity index (χ0) is 42.8. The lowest BCUT2D eigenvalue weighted by Gasteiger charge is -2.38. The Balaban J connectivity index is 1.06. The fourth-order valence-corrected chi connectivity index (χ4v) is 15.1. The minimum Gasteiger partial charge on any atom is -0.310 e. The molecule has 0 spiro atoms. The van der Waals surface area contributed by atoms with Gasteiger partial charge in [-0.2, -0.15) is 0 Å². The van der Waals surface area contributed by atoms with Crippen LogP contribution in [0.5, 0.6) is 0 Å². The summed E-state index contributed by atoms with van der Waals surface area (Å²) in [7, 11) is 0. The van der Waals surface area contributed by atoms with Gasteiger partial charge in [-0.25, -0.2) is 0 Å². The van der Waals surface area contributed by atoms with Crippen LogP contribution in [0.1, 0.15) is 0 Å². The molecule has 302 valence electrons. The van der Waals surface area contributed by atoms with Crippen molar-refractivity contribution in [1.29, 1.82) is 0 Å². The topological polar surface area (TPSA) is 35.6 Å². The molecular weight excluding hydrogens is 838 g/mol. The standard InChI is InChI=1S/C58H32B2N4S2/c1-2-12-35(13-3-1)50-57-42(59-40-16-6-10-20-46(40)63-44-18-8-4-14-36(44)51-38(33-22-26-61-27-23-33)30-48(65-57)53(59)55(51)63)32-43-58(50)66-49-31-39(34-24-28-62-29-25-34)52-37-15-5-9-19-45(37)64-47-21-11-7-17-41(47)60(43)54(49)56(52)64/h1-32H. The van der Waals surface area contributed by atoms with Gasteiger partial charge in [-0.1, -0.05) is 144 Å². The van der Waals surface area contributed by atoms with E-state index in [2.05, 4.69) is 189 Å². The van der Waals surface area contributed by atoms with Crippen molar-refractivity contribution in [1.82, 2.24) is 19.1 Å². The Bertz CT molecular complexity index is 3880. The Kier molecular flexibility index (Phi) is 7.09. The summed E-state index contributed by atoms with van der Waals surface area (Å²) in [5, 5.41) is 5.18. The molecule has 0 fully saturated rings. The summed E-state index contributed by atoms with van der Waals surface area (Å²) in [4.78, 5) is 14.2. The summed E-state index contributed by atoms with van der Waals surface area (Å²) < 4.78 is 5.14. The Morgan fingerprint density at radius 1 is 0.394 bits per heavy atom. The maximum atomic E-state index is 4.45. The second kappa shape index (κ2) is 13.1. The van der Waals surface area contributed by atoms with E-state index in [4.69, 9.17) is 0 Å². The van der Waals surface area contributed by atoms with Crippen LogP contribution in [0.25, 0.3) is 88.4 Å². The minimum absolute atomic E-state index is 0.0248. The quantitative estimate of drug-likeness (QED) is 0.166. The molecule has 4 aromatic heterocycles. The number of hydrogen-bond acceptors (Lipinski definition) is 4. The van der Waals surface area contributed by atoms with Gasteiger partial charge in [0.2, 0.25) is 13.4 Å². The molecule has 0 saturated carbocycles. The van der Waals surface area contributed by atoms with E-state index in [0.717, 1.165) is 0 Å². The third-order valence-electron chi connectivity index (χ3n) is 14.8. The van der Waals surface area contributed by atoms with Gasteiger partial charge in [0.15, 0.2) is 0 Å². The first kappa shape index (κ1) is 35.8. The summed E-state index contributed by atoms with van der Waals surface area (Å²) in [6.45, 7) is 0.0496. The van der Waals surface area contributed by atoms with Crippen LogP contribution in [0.15, 0.2) is 214 Å². The SMILES string of the molecule is c1ccc(-c2c3c(cc4c2Sc2cc(-c5ccncc5)c5c6ccccc6n6c5c2B4c2ccccc2-6)B2c4ccccc4-n4c5ccccc5c5c(-c6ccncc6)cc(c2c54)S3)cc1. The molecule has 66 heavy (non-hydrogen) atoms. The highest BCUT2D eigenvalue weighted by atomic mass is 32.2. The minimum atomic E-state index is 0.0248. The van der Waals surface area contributed by atoms with Gasteiger partial charge in [0.25, 0.3) is 0 Å². The Labute approximate surface area is 389 Å². The molecule has 4 aliphatic rings. The number of nitrogens with zero attached hydrogens (tertiary/aromatic N) is 4. The third-order valence-corrected chi connectivity index (χ3v) is 17.2. The van der Waals surface area contributed by atoms with Gasteiger partial charge in [-0.15, -0.1) is 0 Å². The van der Waals surface area contributed by atoms with E-state index < -0.39 is 0 Å². The number of benzene rings is 8. The van der Waals surface area contributed by atoms with Crippen LogP contribution in [0.4, 0.5) is 0 Å². The van der Waals surface area contributed by atoms with Crippen molar-refractivity contribution < 1.29 is 0 Å². The molecule has 8 heteroatoms. The summed E-state index contributed by atoms with van der Waals surface area (Å²) in [6, 6.07) is 64.0. The highest BCUT2D eigenvalue weighted by Crippen LogP contribution is 2.51. The summed E-state index contributed by atoms with van der Waals surface area (Å²) in [5.41, 5.74) is 23.4. The van der Waals surface area contributed by atoms with Crippen molar-refractivity contribution in [2.75, 3.05) is 0 Å². The van der Waals surface area contributed by atoms with Gasteiger partial charge < -0.3 is 9.13 Å². The molecule has 0 saturated heterocycles. The van der Waals surface area contributed by atoms with Crippen LogP contribution in [-0.4, -0.2) is 32.5 Å². The fraction of sp³-hybridized carbons (Fsp3) is 0. The largest absolute Gasteiger partial charge is 0.310 e. The highest BCUT2D eigenvalue weighted by molar-refractivity contribution is 8.01. The Hall–Kier alpha value is -7.51. The molecule has 0 radical (unpaired) electrons. The predicted molar refractivity (Wildman–Crippen MR) is 277 cm³/mol. The molecule has 8 heterocycles. The Morgan fingerprint density at radius 2 is 0.833 bits per heavy atom. The number of rotatable bonds is 3. The van der Waals surface area contributed by atoms with E-state index in [1.807, 2.05) is 48.3 Å². The maximum Gasteiger partial charge on any atom is 0.249 e. The molecule has 4 nitrogen and oxygen atoms in total. The lowest BCUT2D eigenvalue weighted by atomic mass is 9.32. The number of hydrogen-bond donors (Lipinski definition) is 0. The molecule has 0 unspecified atom stereocenters. The zero-order valence-electron chi connectivity index (χ0n) is 35.2. The van der Waals surface area contributed by atoms with E-state index in [0.29, 0.717) is 0 Å². The number of aromatic nitrogens is 4. The van der Waals surface area contributed by atoms with Crippen molar-refractivity contribution in [3.05, 3.63) is 195 Å². The highest BCUT2D eigenvalue weighted by Gasteiger charge is 2.46. The molecular formula is C58H32B2N4S2. The van der Waals surface area contributed by atoms with Crippen LogP contribution < -0.4 is 32.8 Å². The van der Waals surface area contributed by atoms with Crippen LogP contribution in [0, 0.1) is 0 Å². The summed E-state index contributed by atoms with van der Waals surface area (Å²) >= 11 is 3.94.